The molecule has 1 N–H and O–H groups in total. The molecule has 1 aliphatic heterocycles. The van der Waals surface area contributed by atoms with Crippen molar-refractivity contribution in [2.45, 2.75) is 31.5 Å². The molecule has 6 rings (SSSR count). The van der Waals surface area contributed by atoms with Gasteiger partial charge in [0.25, 0.3) is 5.56 Å². The SMILES string of the molecule is Cn1nc2c(=O)n(CC3(O)CCN(Cc4ccc(-c5ccco5)cc4Cl)CC3)cnc2c1-c1ccc(F)cc1. The molecule has 3 aromatic heterocycles. The van der Waals surface area contributed by atoms with Gasteiger partial charge in [0.1, 0.15) is 17.1 Å². The molecule has 0 amide bonds. The molecule has 1 aliphatic rings. The number of fused-ring (bicyclic) bond motifs is 1. The van der Waals surface area contributed by atoms with Crippen LogP contribution in [-0.4, -0.2) is 48.0 Å². The van der Waals surface area contributed by atoms with Gasteiger partial charge in [-0.1, -0.05) is 23.7 Å². The summed E-state index contributed by atoms with van der Waals surface area (Å²) in [4.78, 5) is 20.1. The normalized spacial score (nSPS) is 15.7. The molecule has 0 unspecified atom stereocenters. The number of halogens is 2. The largest absolute Gasteiger partial charge is 0.464 e. The standard InChI is InChI=1S/C29H27ClFN5O3/c1-34-27(19-6-8-22(31)9-7-19)25-26(33-34)28(37)36(18-32-25)17-29(38)10-12-35(13-11-29)16-21-5-4-20(15-23(21)30)24-3-2-14-39-24/h2-9,14-15,18,38H,10-13,16-17H2,1H3. The van der Waals surface area contributed by atoms with E-state index in [1.54, 1.807) is 30.1 Å². The van der Waals surface area contributed by atoms with Gasteiger partial charge >= 0.3 is 0 Å². The lowest BCUT2D eigenvalue weighted by Crippen LogP contribution is -2.47. The number of piperidine rings is 1. The monoisotopic (exact) mass is 547 g/mol. The maximum absolute atomic E-state index is 13.4. The van der Waals surface area contributed by atoms with Crippen LogP contribution in [-0.2, 0) is 20.1 Å². The predicted molar refractivity (Wildman–Crippen MR) is 147 cm³/mol. The lowest BCUT2D eigenvalue weighted by atomic mass is 9.91. The average molecular weight is 548 g/mol. The van der Waals surface area contributed by atoms with E-state index in [0.29, 0.717) is 54.3 Å². The van der Waals surface area contributed by atoms with E-state index in [9.17, 15) is 14.3 Å². The molecule has 0 bridgehead atoms. The summed E-state index contributed by atoms with van der Waals surface area (Å²) >= 11 is 6.57. The van der Waals surface area contributed by atoms with E-state index in [2.05, 4.69) is 15.0 Å². The van der Waals surface area contributed by atoms with Gasteiger partial charge in [-0.15, -0.1) is 0 Å². The summed E-state index contributed by atoms with van der Waals surface area (Å²) in [6, 6.07) is 15.6. The van der Waals surface area contributed by atoms with Gasteiger partial charge in [0.05, 0.1) is 30.4 Å². The predicted octanol–water partition coefficient (Wildman–Crippen LogP) is 4.88. The van der Waals surface area contributed by atoms with E-state index < -0.39 is 5.60 Å². The minimum atomic E-state index is -1.04. The van der Waals surface area contributed by atoms with Crippen molar-refractivity contribution in [3.63, 3.8) is 0 Å². The summed E-state index contributed by atoms with van der Waals surface area (Å²) in [6.45, 7) is 2.12. The molecule has 4 heterocycles. The lowest BCUT2D eigenvalue weighted by Gasteiger charge is -2.38. The van der Waals surface area contributed by atoms with E-state index in [0.717, 1.165) is 16.9 Å². The second kappa shape index (κ2) is 10.1. The molecule has 39 heavy (non-hydrogen) atoms. The zero-order valence-corrected chi connectivity index (χ0v) is 22.1. The van der Waals surface area contributed by atoms with Crippen molar-refractivity contribution in [2.24, 2.45) is 7.05 Å². The van der Waals surface area contributed by atoms with Crippen LogP contribution in [0.25, 0.3) is 33.6 Å². The molecule has 2 aromatic carbocycles. The van der Waals surface area contributed by atoms with Crippen molar-refractivity contribution in [3.05, 3.63) is 93.9 Å². The van der Waals surface area contributed by atoms with Crippen LogP contribution in [0.5, 0.6) is 0 Å². The Morgan fingerprint density at radius 2 is 1.82 bits per heavy atom. The molecule has 5 aromatic rings. The maximum atomic E-state index is 13.4. The van der Waals surface area contributed by atoms with Crippen LogP contribution >= 0.6 is 11.6 Å². The zero-order chi connectivity index (χ0) is 27.1. The third-order valence-corrected chi connectivity index (χ3v) is 7.79. The van der Waals surface area contributed by atoms with E-state index in [1.807, 2.05) is 30.3 Å². The first-order valence-electron chi connectivity index (χ1n) is 12.7. The van der Waals surface area contributed by atoms with Crippen molar-refractivity contribution < 1.29 is 13.9 Å². The molecule has 0 spiro atoms. The minimum absolute atomic E-state index is 0.129. The van der Waals surface area contributed by atoms with Gasteiger partial charge in [0, 0.05) is 42.8 Å². The number of aryl methyl sites for hydroxylation is 1. The van der Waals surface area contributed by atoms with Crippen molar-refractivity contribution in [1.82, 2.24) is 24.2 Å². The Balaban J connectivity index is 1.15. The van der Waals surface area contributed by atoms with Crippen molar-refractivity contribution in [2.75, 3.05) is 13.1 Å². The summed E-state index contributed by atoms with van der Waals surface area (Å²) in [5, 5.41) is 16.4. The Labute approximate surface area is 228 Å². The highest BCUT2D eigenvalue weighted by molar-refractivity contribution is 6.31. The van der Waals surface area contributed by atoms with E-state index >= 15 is 0 Å². The Morgan fingerprint density at radius 3 is 2.51 bits per heavy atom. The van der Waals surface area contributed by atoms with E-state index in [1.165, 1.54) is 23.0 Å². The van der Waals surface area contributed by atoms with Gasteiger partial charge in [0.2, 0.25) is 0 Å². The van der Waals surface area contributed by atoms with Crippen LogP contribution in [0.4, 0.5) is 4.39 Å². The maximum Gasteiger partial charge on any atom is 0.281 e. The summed E-state index contributed by atoms with van der Waals surface area (Å²) in [5.41, 5.74) is 2.59. The van der Waals surface area contributed by atoms with Crippen LogP contribution < -0.4 is 5.56 Å². The first kappa shape index (κ1) is 25.5. The third-order valence-electron chi connectivity index (χ3n) is 7.43. The van der Waals surface area contributed by atoms with Crippen LogP contribution in [0.2, 0.25) is 5.02 Å². The number of aliphatic hydroxyl groups is 1. The average Bonchev–Trinajstić information content (AvgIpc) is 3.57. The third kappa shape index (κ3) is 5.01. The number of hydrogen-bond donors (Lipinski definition) is 1. The smallest absolute Gasteiger partial charge is 0.281 e. The highest BCUT2D eigenvalue weighted by atomic mass is 35.5. The molecule has 8 nitrogen and oxygen atoms in total. The highest BCUT2D eigenvalue weighted by Gasteiger charge is 2.33. The van der Waals surface area contributed by atoms with Crippen LogP contribution in [0.1, 0.15) is 18.4 Å². The molecule has 200 valence electrons. The first-order valence-corrected chi connectivity index (χ1v) is 13.1. The van der Waals surface area contributed by atoms with Gasteiger partial charge in [0.15, 0.2) is 5.52 Å². The van der Waals surface area contributed by atoms with Crippen molar-refractivity contribution in [1.29, 1.82) is 0 Å². The van der Waals surface area contributed by atoms with E-state index in [-0.39, 0.29) is 23.4 Å². The van der Waals surface area contributed by atoms with Gasteiger partial charge in [-0.05, 0) is 60.9 Å². The molecule has 10 heteroatoms. The fourth-order valence-electron chi connectivity index (χ4n) is 5.25. The number of nitrogens with zero attached hydrogens (tertiary/aromatic N) is 5. The van der Waals surface area contributed by atoms with Crippen LogP contribution in [0.3, 0.4) is 0 Å². The minimum Gasteiger partial charge on any atom is -0.464 e. The Kier molecular flexibility index (Phi) is 6.58. The number of aromatic nitrogens is 4. The van der Waals surface area contributed by atoms with Crippen LogP contribution in [0.15, 0.2) is 76.4 Å². The Morgan fingerprint density at radius 1 is 1.08 bits per heavy atom. The van der Waals surface area contributed by atoms with Gasteiger partial charge in [-0.3, -0.25) is 18.9 Å². The Bertz CT molecular complexity index is 1690. The highest BCUT2D eigenvalue weighted by Crippen LogP contribution is 2.30. The number of rotatable bonds is 6. The first-order chi connectivity index (χ1) is 18.8. The second-order valence-corrected chi connectivity index (χ2v) is 10.5. The van der Waals surface area contributed by atoms with Crippen LogP contribution in [0, 0.1) is 5.82 Å². The number of furan rings is 1. The molecular weight excluding hydrogens is 521 g/mol. The zero-order valence-electron chi connectivity index (χ0n) is 21.3. The van der Waals surface area contributed by atoms with E-state index in [4.69, 9.17) is 16.0 Å². The molecule has 0 aliphatic carbocycles. The Hall–Kier alpha value is -3.79. The summed E-state index contributed by atoms with van der Waals surface area (Å²) in [6.07, 6.45) is 4.10. The van der Waals surface area contributed by atoms with Gasteiger partial charge in [-0.25, -0.2) is 9.37 Å². The summed E-state index contributed by atoms with van der Waals surface area (Å²) in [7, 11) is 1.73. The molecule has 1 saturated heterocycles. The molecule has 0 radical (unpaired) electrons. The summed E-state index contributed by atoms with van der Waals surface area (Å²) < 4.78 is 21.9. The molecule has 0 atom stereocenters. The molecule has 1 fully saturated rings. The van der Waals surface area contributed by atoms with Crippen molar-refractivity contribution in [3.8, 4) is 22.6 Å². The summed E-state index contributed by atoms with van der Waals surface area (Å²) in [5.74, 6) is 0.428. The quantitative estimate of drug-likeness (QED) is 0.326. The number of benzene rings is 2. The fraction of sp³-hybridized carbons (Fsp3) is 0.276. The lowest BCUT2D eigenvalue weighted by molar-refractivity contribution is -0.0364. The van der Waals surface area contributed by atoms with Crippen molar-refractivity contribution >= 4 is 22.6 Å². The van der Waals surface area contributed by atoms with Gasteiger partial charge in [-0.2, -0.15) is 5.10 Å². The number of likely N-dealkylation sites (tertiary alicyclic amines) is 1. The van der Waals surface area contributed by atoms with Gasteiger partial charge < -0.3 is 9.52 Å². The second-order valence-electron chi connectivity index (χ2n) is 10.1. The number of hydrogen-bond acceptors (Lipinski definition) is 6. The molecular formula is C29H27ClFN5O3. The topological polar surface area (TPSA) is 89.3 Å². The molecule has 0 saturated carbocycles. The fourth-order valence-corrected chi connectivity index (χ4v) is 5.49.